The predicted octanol–water partition coefficient (Wildman–Crippen LogP) is 1.84. The van der Waals surface area contributed by atoms with Crippen LogP contribution in [0.25, 0.3) is 0 Å². The van der Waals surface area contributed by atoms with Crippen molar-refractivity contribution in [2.24, 2.45) is 0 Å². The minimum atomic E-state index is -0.0641. The molecule has 0 unspecified atom stereocenters. The summed E-state index contributed by atoms with van der Waals surface area (Å²) in [7, 11) is 0. The maximum atomic E-state index is 11.8. The highest BCUT2D eigenvalue weighted by atomic mass is 79.9. The molecule has 0 aromatic carbocycles. The highest BCUT2D eigenvalue weighted by Gasteiger charge is 2.22. The summed E-state index contributed by atoms with van der Waals surface area (Å²) in [6, 6.07) is 3.62. The Morgan fingerprint density at radius 2 is 2.44 bits per heavy atom. The molecule has 1 atom stereocenters. The maximum Gasteiger partial charge on any atom is 0.242 e. The molecule has 0 aliphatic carbocycles. The van der Waals surface area contributed by atoms with Crippen LogP contribution in [-0.4, -0.2) is 23.5 Å². The lowest BCUT2D eigenvalue weighted by Gasteiger charge is -2.11. The second-order valence-corrected chi connectivity index (χ2v) is 4.76. The van der Waals surface area contributed by atoms with E-state index in [0.29, 0.717) is 5.82 Å². The molecule has 1 aliphatic heterocycles. The van der Waals surface area contributed by atoms with Crippen molar-refractivity contribution in [3.8, 4) is 0 Å². The predicted molar refractivity (Wildman–Crippen MR) is 66.3 cm³/mol. The number of halogens is 1. The van der Waals surface area contributed by atoms with Gasteiger partial charge in [0, 0.05) is 4.47 Å². The Morgan fingerprint density at radius 1 is 1.62 bits per heavy atom. The van der Waals surface area contributed by atoms with Gasteiger partial charge >= 0.3 is 0 Å². The number of hydrogen-bond donors (Lipinski definition) is 2. The fourth-order valence-corrected chi connectivity index (χ4v) is 1.96. The third-order valence-corrected chi connectivity index (χ3v) is 3.49. The maximum absolute atomic E-state index is 11.8. The van der Waals surface area contributed by atoms with Gasteiger partial charge in [-0.1, -0.05) is 0 Å². The molecule has 0 spiro atoms. The number of aromatic nitrogens is 1. The largest absolute Gasteiger partial charge is 0.309 e. The molecule has 0 radical (unpaired) electrons. The minimum absolute atomic E-state index is 0.00622. The van der Waals surface area contributed by atoms with E-state index in [1.807, 2.05) is 13.0 Å². The van der Waals surface area contributed by atoms with Crippen LogP contribution in [0.2, 0.25) is 0 Å². The van der Waals surface area contributed by atoms with Gasteiger partial charge in [-0.25, -0.2) is 4.98 Å². The highest BCUT2D eigenvalue weighted by molar-refractivity contribution is 9.10. The fraction of sp³-hybridized carbons (Fsp3) is 0.455. The summed E-state index contributed by atoms with van der Waals surface area (Å²) in [5.41, 5.74) is 0.872. The van der Waals surface area contributed by atoms with Crippen molar-refractivity contribution >= 4 is 27.7 Å². The smallest absolute Gasteiger partial charge is 0.242 e. The van der Waals surface area contributed by atoms with Gasteiger partial charge in [-0.3, -0.25) is 4.79 Å². The van der Waals surface area contributed by atoms with E-state index in [-0.39, 0.29) is 11.9 Å². The molecule has 0 saturated carbocycles. The average Bonchev–Trinajstić information content (AvgIpc) is 2.77. The van der Waals surface area contributed by atoms with Crippen LogP contribution in [0, 0.1) is 6.92 Å². The van der Waals surface area contributed by atoms with Crippen molar-refractivity contribution in [2.45, 2.75) is 25.8 Å². The Balaban J connectivity index is 2.02. The molecule has 1 saturated heterocycles. The van der Waals surface area contributed by atoms with E-state index < -0.39 is 0 Å². The Bertz CT molecular complexity index is 402. The molecule has 1 amide bonds. The third kappa shape index (κ3) is 2.59. The summed E-state index contributed by atoms with van der Waals surface area (Å²) in [6.07, 6.45) is 1.96. The minimum Gasteiger partial charge on any atom is -0.309 e. The van der Waals surface area contributed by atoms with Crippen LogP contribution in [0.1, 0.15) is 18.5 Å². The first-order valence-corrected chi connectivity index (χ1v) is 6.13. The number of carbonyl (C=O) groups excluding carboxylic acids is 1. The number of rotatable bonds is 2. The number of amides is 1. The Kier molecular flexibility index (Phi) is 3.56. The monoisotopic (exact) mass is 283 g/mol. The lowest BCUT2D eigenvalue weighted by molar-refractivity contribution is -0.117. The van der Waals surface area contributed by atoms with E-state index >= 15 is 0 Å². The second kappa shape index (κ2) is 4.93. The second-order valence-electron chi connectivity index (χ2n) is 3.90. The summed E-state index contributed by atoms with van der Waals surface area (Å²) < 4.78 is 0.949. The van der Waals surface area contributed by atoms with Gasteiger partial charge in [0.2, 0.25) is 5.91 Å². The van der Waals surface area contributed by atoms with Gasteiger partial charge in [0.15, 0.2) is 0 Å². The highest BCUT2D eigenvalue weighted by Crippen LogP contribution is 2.16. The standard InChI is InChI=1S/C11H14BrN3O/c1-7-8(12)4-5-10(14-7)15-11(16)9-3-2-6-13-9/h4-5,9,13H,2-3,6H2,1H3,(H,14,15,16)/t9-/m1/s1. The third-order valence-electron chi connectivity index (χ3n) is 2.65. The molecule has 16 heavy (non-hydrogen) atoms. The molecular formula is C11H14BrN3O. The molecular weight excluding hydrogens is 270 g/mol. The average molecular weight is 284 g/mol. The molecule has 0 bridgehead atoms. The van der Waals surface area contributed by atoms with Crippen LogP contribution in [0.4, 0.5) is 5.82 Å². The molecule has 1 fully saturated rings. The van der Waals surface area contributed by atoms with E-state index in [2.05, 4.69) is 31.5 Å². The Morgan fingerprint density at radius 3 is 3.06 bits per heavy atom. The summed E-state index contributed by atoms with van der Waals surface area (Å²) in [5.74, 6) is 0.617. The number of nitrogens with zero attached hydrogens (tertiary/aromatic N) is 1. The SMILES string of the molecule is Cc1nc(NC(=O)[C@H]2CCCN2)ccc1Br. The lowest BCUT2D eigenvalue weighted by atomic mass is 10.2. The summed E-state index contributed by atoms with van der Waals surface area (Å²) in [5, 5.41) is 5.97. The molecule has 4 nitrogen and oxygen atoms in total. The zero-order valence-electron chi connectivity index (χ0n) is 9.09. The van der Waals surface area contributed by atoms with Gasteiger partial charge in [-0.2, -0.15) is 0 Å². The van der Waals surface area contributed by atoms with Gasteiger partial charge in [0.1, 0.15) is 5.82 Å². The van der Waals surface area contributed by atoms with Crippen LogP contribution in [-0.2, 0) is 4.79 Å². The van der Waals surface area contributed by atoms with E-state index in [4.69, 9.17) is 0 Å². The Hall–Kier alpha value is -0.940. The van der Waals surface area contributed by atoms with E-state index in [1.54, 1.807) is 6.07 Å². The van der Waals surface area contributed by atoms with Crippen LogP contribution >= 0.6 is 15.9 Å². The number of anilines is 1. The molecule has 2 N–H and O–H groups in total. The number of nitrogens with one attached hydrogen (secondary N) is 2. The van der Waals surface area contributed by atoms with E-state index in [0.717, 1.165) is 29.6 Å². The molecule has 1 aromatic heterocycles. The van der Waals surface area contributed by atoms with Crippen molar-refractivity contribution < 1.29 is 4.79 Å². The van der Waals surface area contributed by atoms with Gasteiger partial charge in [-0.05, 0) is 54.4 Å². The first-order chi connectivity index (χ1) is 7.66. The number of aryl methyl sites for hydroxylation is 1. The van der Waals surface area contributed by atoms with Crippen LogP contribution in [0.3, 0.4) is 0 Å². The van der Waals surface area contributed by atoms with Crippen molar-refractivity contribution in [1.82, 2.24) is 10.3 Å². The summed E-state index contributed by atoms with van der Waals surface area (Å²) in [4.78, 5) is 16.1. The fourth-order valence-electron chi connectivity index (χ4n) is 1.74. The number of carbonyl (C=O) groups is 1. The van der Waals surface area contributed by atoms with Crippen LogP contribution in [0.5, 0.6) is 0 Å². The van der Waals surface area contributed by atoms with Gasteiger partial charge in [-0.15, -0.1) is 0 Å². The molecule has 2 heterocycles. The quantitative estimate of drug-likeness (QED) is 0.871. The van der Waals surface area contributed by atoms with E-state index in [1.165, 1.54) is 0 Å². The topological polar surface area (TPSA) is 54.0 Å². The molecule has 86 valence electrons. The molecule has 1 aliphatic rings. The van der Waals surface area contributed by atoms with Crippen LogP contribution < -0.4 is 10.6 Å². The molecule has 2 rings (SSSR count). The summed E-state index contributed by atoms with van der Waals surface area (Å²) in [6.45, 7) is 2.82. The zero-order valence-corrected chi connectivity index (χ0v) is 10.7. The summed E-state index contributed by atoms with van der Waals surface area (Å²) >= 11 is 3.37. The van der Waals surface area contributed by atoms with Gasteiger partial charge < -0.3 is 10.6 Å². The first-order valence-electron chi connectivity index (χ1n) is 5.34. The van der Waals surface area contributed by atoms with Gasteiger partial charge in [0.05, 0.1) is 11.7 Å². The lowest BCUT2D eigenvalue weighted by Crippen LogP contribution is -2.35. The van der Waals surface area contributed by atoms with Crippen molar-refractivity contribution in [3.63, 3.8) is 0 Å². The Labute approximate surface area is 103 Å². The normalized spacial score (nSPS) is 19.8. The van der Waals surface area contributed by atoms with Crippen molar-refractivity contribution in [1.29, 1.82) is 0 Å². The number of pyridine rings is 1. The van der Waals surface area contributed by atoms with Gasteiger partial charge in [0.25, 0.3) is 0 Å². The van der Waals surface area contributed by atoms with Crippen molar-refractivity contribution in [2.75, 3.05) is 11.9 Å². The zero-order chi connectivity index (χ0) is 11.5. The van der Waals surface area contributed by atoms with Crippen LogP contribution in [0.15, 0.2) is 16.6 Å². The van der Waals surface area contributed by atoms with E-state index in [9.17, 15) is 4.79 Å². The van der Waals surface area contributed by atoms with Crippen molar-refractivity contribution in [3.05, 3.63) is 22.3 Å². The first kappa shape index (κ1) is 11.5. The molecule has 1 aromatic rings. The molecule has 5 heteroatoms. The number of hydrogen-bond acceptors (Lipinski definition) is 3.